The van der Waals surface area contributed by atoms with Gasteiger partial charge in [-0.05, 0) is 6.42 Å². The molecule has 2 heteroatoms. The van der Waals surface area contributed by atoms with Gasteiger partial charge in [0, 0.05) is 11.6 Å². The minimum absolute atomic E-state index is 0.0824. The van der Waals surface area contributed by atoms with Crippen molar-refractivity contribution in [2.24, 2.45) is 0 Å². The molecular weight excluding hydrogens is 186 g/mol. The van der Waals surface area contributed by atoms with Crippen molar-refractivity contribution in [3.63, 3.8) is 0 Å². The highest BCUT2D eigenvalue weighted by atomic mass is 16.1. The van der Waals surface area contributed by atoms with Crippen molar-refractivity contribution in [3.05, 3.63) is 35.9 Å². The van der Waals surface area contributed by atoms with Gasteiger partial charge in [0.1, 0.15) is 0 Å². The summed E-state index contributed by atoms with van der Waals surface area (Å²) in [6.45, 7) is 2.18. The number of unbranched alkanes of at least 4 members (excludes halogenated alkanes) is 1. The van der Waals surface area contributed by atoms with Gasteiger partial charge in [0.2, 0.25) is 0 Å². The highest BCUT2D eigenvalue weighted by molar-refractivity contribution is 6.02. The van der Waals surface area contributed by atoms with E-state index in [0.717, 1.165) is 12.0 Å². The van der Waals surface area contributed by atoms with Crippen molar-refractivity contribution < 1.29 is 4.79 Å². The van der Waals surface area contributed by atoms with E-state index in [1.165, 1.54) is 12.8 Å². The summed E-state index contributed by atoms with van der Waals surface area (Å²) in [5.74, 6) is 0.247. The zero-order valence-electron chi connectivity index (χ0n) is 9.07. The molecule has 1 heterocycles. The third-order valence-electron chi connectivity index (χ3n) is 2.90. The van der Waals surface area contributed by atoms with Gasteiger partial charge in [-0.15, -0.1) is 0 Å². The minimum atomic E-state index is 0.0824. The molecule has 1 aromatic carbocycles. The second kappa shape index (κ2) is 4.58. The highest BCUT2D eigenvalue weighted by Crippen LogP contribution is 2.21. The summed E-state index contributed by atoms with van der Waals surface area (Å²) < 4.78 is 0. The van der Waals surface area contributed by atoms with E-state index in [2.05, 4.69) is 12.2 Å². The van der Waals surface area contributed by atoms with E-state index in [0.29, 0.717) is 6.04 Å². The predicted octanol–water partition coefficient (Wildman–Crippen LogP) is 2.40. The highest BCUT2D eigenvalue weighted by Gasteiger charge is 2.41. The zero-order chi connectivity index (χ0) is 10.7. The Labute approximate surface area is 90.7 Å². The molecule has 1 aliphatic heterocycles. The molecule has 0 saturated carbocycles. The maximum Gasteiger partial charge on any atom is 0.181 e. The van der Waals surface area contributed by atoms with E-state index in [9.17, 15) is 4.79 Å². The maximum absolute atomic E-state index is 11.9. The first-order chi connectivity index (χ1) is 7.33. The van der Waals surface area contributed by atoms with E-state index in [1.54, 1.807) is 0 Å². The maximum atomic E-state index is 11.9. The number of nitrogens with one attached hydrogen (secondary N) is 1. The summed E-state index contributed by atoms with van der Waals surface area (Å²) in [5, 5.41) is 3.25. The van der Waals surface area contributed by atoms with Crippen LogP contribution in [0.2, 0.25) is 0 Å². The van der Waals surface area contributed by atoms with E-state index in [-0.39, 0.29) is 11.8 Å². The largest absolute Gasteiger partial charge is 0.301 e. The predicted molar refractivity (Wildman–Crippen MR) is 61.0 cm³/mol. The number of rotatable bonds is 5. The van der Waals surface area contributed by atoms with Crippen molar-refractivity contribution in [2.75, 3.05) is 0 Å². The molecule has 15 heavy (non-hydrogen) atoms. The van der Waals surface area contributed by atoms with Gasteiger partial charge in [0.05, 0.1) is 6.04 Å². The van der Waals surface area contributed by atoms with Crippen molar-refractivity contribution in [3.8, 4) is 0 Å². The summed E-state index contributed by atoms with van der Waals surface area (Å²) in [4.78, 5) is 11.9. The monoisotopic (exact) mass is 203 g/mol. The molecule has 0 bridgehead atoms. The van der Waals surface area contributed by atoms with Gasteiger partial charge in [-0.2, -0.15) is 0 Å². The zero-order valence-corrected chi connectivity index (χ0v) is 9.07. The standard InChI is InChI=1S/C13H17NO/c1-2-3-9-11-12(14-11)13(15)10-7-5-4-6-8-10/h4-8,11-12,14H,2-3,9H2,1H3/t11-,12+/m1/s1. The number of ketones is 1. The van der Waals surface area contributed by atoms with Gasteiger partial charge in [-0.25, -0.2) is 0 Å². The van der Waals surface area contributed by atoms with E-state index < -0.39 is 0 Å². The number of benzene rings is 1. The number of carbonyl (C=O) groups excluding carboxylic acids is 1. The van der Waals surface area contributed by atoms with Crippen molar-refractivity contribution in [1.29, 1.82) is 0 Å². The number of hydrogen-bond donors (Lipinski definition) is 1. The third-order valence-corrected chi connectivity index (χ3v) is 2.90. The Morgan fingerprint density at radius 3 is 2.73 bits per heavy atom. The van der Waals surface area contributed by atoms with Crippen LogP contribution in [0.5, 0.6) is 0 Å². The summed E-state index contributed by atoms with van der Waals surface area (Å²) in [6.07, 6.45) is 3.53. The van der Waals surface area contributed by atoms with Gasteiger partial charge in [0.15, 0.2) is 5.78 Å². The lowest BCUT2D eigenvalue weighted by molar-refractivity contribution is 0.0987. The normalized spacial score (nSPS) is 23.8. The van der Waals surface area contributed by atoms with E-state index >= 15 is 0 Å². The molecule has 0 amide bonds. The Kier molecular flexibility index (Phi) is 3.17. The molecular formula is C13H17NO. The molecule has 1 fully saturated rings. The third kappa shape index (κ3) is 2.45. The Bertz CT molecular complexity index is 334. The lowest BCUT2D eigenvalue weighted by Crippen LogP contribution is -2.11. The summed E-state index contributed by atoms with van der Waals surface area (Å²) in [6, 6.07) is 10.0. The molecule has 0 aromatic heterocycles. The number of hydrogen-bond acceptors (Lipinski definition) is 2. The van der Waals surface area contributed by atoms with E-state index in [4.69, 9.17) is 0 Å². The molecule has 1 aliphatic rings. The average Bonchev–Trinajstić information content (AvgIpc) is 3.06. The topological polar surface area (TPSA) is 39.0 Å². The Hall–Kier alpha value is -1.15. The van der Waals surface area contributed by atoms with Crippen molar-refractivity contribution >= 4 is 5.78 Å². The molecule has 1 N–H and O–H groups in total. The molecule has 1 aromatic rings. The summed E-state index contributed by atoms with van der Waals surface area (Å²) in [5.41, 5.74) is 0.828. The first-order valence-corrected chi connectivity index (χ1v) is 5.68. The van der Waals surface area contributed by atoms with Crippen LogP contribution in [0, 0.1) is 0 Å². The molecule has 0 spiro atoms. The van der Waals surface area contributed by atoms with Crippen LogP contribution in [0.15, 0.2) is 30.3 Å². The fourth-order valence-corrected chi connectivity index (χ4v) is 1.89. The van der Waals surface area contributed by atoms with Gasteiger partial charge in [-0.3, -0.25) is 4.79 Å². The molecule has 1 saturated heterocycles. The number of Topliss-reactive ketones (excluding diaryl/α,β-unsaturated/α-hetero) is 1. The van der Waals surface area contributed by atoms with E-state index in [1.807, 2.05) is 30.3 Å². The Morgan fingerprint density at radius 1 is 1.33 bits per heavy atom. The van der Waals surface area contributed by atoms with Crippen LogP contribution in [-0.4, -0.2) is 17.9 Å². The fraction of sp³-hybridized carbons (Fsp3) is 0.462. The summed E-state index contributed by atoms with van der Waals surface area (Å²) >= 11 is 0. The van der Waals surface area contributed by atoms with Crippen LogP contribution in [0.4, 0.5) is 0 Å². The molecule has 2 rings (SSSR count). The minimum Gasteiger partial charge on any atom is -0.301 e. The molecule has 2 atom stereocenters. The number of carbonyl (C=O) groups is 1. The van der Waals surface area contributed by atoms with Crippen LogP contribution >= 0.6 is 0 Å². The van der Waals surface area contributed by atoms with Crippen LogP contribution in [0.3, 0.4) is 0 Å². The Balaban J connectivity index is 1.89. The van der Waals surface area contributed by atoms with Gasteiger partial charge in [0.25, 0.3) is 0 Å². The first-order valence-electron chi connectivity index (χ1n) is 5.68. The Morgan fingerprint density at radius 2 is 2.07 bits per heavy atom. The lowest BCUT2D eigenvalue weighted by atomic mass is 10.0. The smallest absolute Gasteiger partial charge is 0.181 e. The molecule has 80 valence electrons. The van der Waals surface area contributed by atoms with Crippen molar-refractivity contribution in [1.82, 2.24) is 5.32 Å². The van der Waals surface area contributed by atoms with Crippen LogP contribution in [0.25, 0.3) is 0 Å². The fourth-order valence-electron chi connectivity index (χ4n) is 1.89. The second-order valence-electron chi connectivity index (χ2n) is 4.12. The van der Waals surface area contributed by atoms with Gasteiger partial charge in [-0.1, -0.05) is 50.1 Å². The molecule has 0 radical (unpaired) electrons. The van der Waals surface area contributed by atoms with Crippen molar-refractivity contribution in [2.45, 2.75) is 38.3 Å². The summed E-state index contributed by atoms with van der Waals surface area (Å²) in [7, 11) is 0. The van der Waals surface area contributed by atoms with Crippen LogP contribution < -0.4 is 5.32 Å². The first kappa shape index (κ1) is 10.4. The lowest BCUT2D eigenvalue weighted by Gasteiger charge is -1.97. The molecule has 0 unspecified atom stereocenters. The van der Waals surface area contributed by atoms with Crippen LogP contribution in [0.1, 0.15) is 36.5 Å². The second-order valence-corrected chi connectivity index (χ2v) is 4.12. The molecule has 0 aliphatic carbocycles. The average molecular weight is 203 g/mol. The van der Waals surface area contributed by atoms with Crippen LogP contribution in [-0.2, 0) is 0 Å². The SMILES string of the molecule is CCCC[C@H]1N[C@@H]1C(=O)c1ccccc1. The van der Waals surface area contributed by atoms with Gasteiger partial charge >= 0.3 is 0 Å². The van der Waals surface area contributed by atoms with Gasteiger partial charge < -0.3 is 5.32 Å². The molecule has 2 nitrogen and oxygen atoms in total. The quantitative estimate of drug-likeness (QED) is 0.589.